The minimum absolute atomic E-state index is 0.00419. The second-order valence-corrected chi connectivity index (χ2v) is 4.96. The lowest BCUT2D eigenvalue weighted by atomic mass is 10.3. The average Bonchev–Trinajstić information content (AvgIpc) is 2.48. The minimum atomic E-state index is -0.717. The van der Waals surface area contributed by atoms with Gasteiger partial charge in [-0.2, -0.15) is 4.98 Å². The Labute approximate surface area is 135 Å². The number of anilines is 2. The Bertz CT molecular complexity index is 696. The van der Waals surface area contributed by atoms with Crippen molar-refractivity contribution in [3.63, 3.8) is 0 Å². The molecule has 9 heteroatoms. The highest BCUT2D eigenvalue weighted by molar-refractivity contribution is 6.37. The van der Waals surface area contributed by atoms with Crippen LogP contribution in [0, 0.1) is 0 Å². The number of aromatic nitrogens is 3. The number of hydrogen-bond donors (Lipinski definition) is 0. The second-order valence-electron chi connectivity index (χ2n) is 3.84. The molecule has 2 aromatic heterocycles. The van der Waals surface area contributed by atoms with E-state index < -0.39 is 5.97 Å². The number of rotatable bonds is 3. The van der Waals surface area contributed by atoms with E-state index >= 15 is 0 Å². The number of halogens is 3. The second kappa shape index (κ2) is 6.43. The molecular weight excluding hydrogens is 339 g/mol. The van der Waals surface area contributed by atoms with Gasteiger partial charge in [0.1, 0.15) is 5.02 Å². The summed E-state index contributed by atoms with van der Waals surface area (Å²) in [4.78, 5) is 25.1. The number of carbonyl (C=O) groups is 1. The number of carbonyl (C=O) groups excluding carboxylic acids is 1. The molecule has 0 aliphatic rings. The van der Waals surface area contributed by atoms with Gasteiger partial charge in [0.25, 0.3) is 0 Å². The molecule has 6 nitrogen and oxygen atoms in total. The lowest BCUT2D eigenvalue weighted by Crippen LogP contribution is -2.17. The number of ether oxygens (including phenoxy) is 1. The third-order valence-corrected chi connectivity index (χ3v) is 3.37. The molecule has 0 atom stereocenters. The van der Waals surface area contributed by atoms with Crippen LogP contribution < -0.4 is 4.90 Å². The van der Waals surface area contributed by atoms with Crippen LogP contribution in [0.2, 0.25) is 15.3 Å². The van der Waals surface area contributed by atoms with Crippen molar-refractivity contribution in [2.45, 2.75) is 0 Å². The third-order valence-electron chi connectivity index (χ3n) is 2.56. The fourth-order valence-corrected chi connectivity index (χ4v) is 2.29. The van der Waals surface area contributed by atoms with Crippen LogP contribution in [-0.2, 0) is 4.74 Å². The molecule has 0 aromatic carbocycles. The smallest absolute Gasteiger partial charge is 0.358 e. The largest absolute Gasteiger partial charge is 0.464 e. The first kappa shape index (κ1) is 15.8. The van der Waals surface area contributed by atoms with Gasteiger partial charge in [-0.05, 0) is 23.7 Å². The quantitative estimate of drug-likeness (QED) is 0.626. The van der Waals surface area contributed by atoms with Gasteiger partial charge in [-0.15, -0.1) is 0 Å². The summed E-state index contributed by atoms with van der Waals surface area (Å²) in [5.41, 5.74) is -0.131. The molecule has 2 rings (SSSR count). The van der Waals surface area contributed by atoms with Gasteiger partial charge in [-0.3, -0.25) is 0 Å². The first-order valence-corrected chi connectivity index (χ1v) is 6.74. The van der Waals surface area contributed by atoms with Crippen molar-refractivity contribution < 1.29 is 9.53 Å². The predicted molar refractivity (Wildman–Crippen MR) is 80.7 cm³/mol. The van der Waals surface area contributed by atoms with Crippen LogP contribution in [-0.4, -0.2) is 35.1 Å². The van der Waals surface area contributed by atoms with Crippen molar-refractivity contribution in [2.75, 3.05) is 19.1 Å². The number of nitrogens with zero attached hydrogens (tertiary/aromatic N) is 4. The van der Waals surface area contributed by atoms with E-state index in [9.17, 15) is 4.79 Å². The van der Waals surface area contributed by atoms with E-state index in [-0.39, 0.29) is 21.8 Å². The van der Waals surface area contributed by atoms with E-state index in [1.165, 1.54) is 12.0 Å². The van der Waals surface area contributed by atoms with Crippen molar-refractivity contribution >= 4 is 52.4 Å². The van der Waals surface area contributed by atoms with Gasteiger partial charge in [0, 0.05) is 13.2 Å². The van der Waals surface area contributed by atoms with Gasteiger partial charge in [-0.25, -0.2) is 14.8 Å². The molecule has 0 bridgehead atoms. The first-order chi connectivity index (χ1) is 9.95. The standard InChI is InChI=1S/C12H9Cl3N4O2/c1-19(9-6(13)4-3-5-16-9)10-7(14)8(11(20)21-2)17-12(15)18-10/h3-5H,1-2H3. The molecule has 110 valence electrons. The molecule has 21 heavy (non-hydrogen) atoms. The van der Waals surface area contributed by atoms with Gasteiger partial charge >= 0.3 is 5.97 Å². The summed E-state index contributed by atoms with van der Waals surface area (Å²) >= 11 is 18.1. The SMILES string of the molecule is COC(=O)c1nc(Cl)nc(N(C)c2ncccc2Cl)c1Cl. The van der Waals surface area contributed by atoms with Crippen LogP contribution >= 0.6 is 34.8 Å². The molecule has 0 aliphatic heterocycles. The highest BCUT2D eigenvalue weighted by atomic mass is 35.5. The van der Waals surface area contributed by atoms with Gasteiger partial charge in [0.2, 0.25) is 5.28 Å². The number of pyridine rings is 1. The monoisotopic (exact) mass is 346 g/mol. The topological polar surface area (TPSA) is 68.2 Å². The van der Waals surface area contributed by atoms with E-state index in [0.29, 0.717) is 10.8 Å². The zero-order chi connectivity index (χ0) is 15.6. The molecule has 0 radical (unpaired) electrons. The number of methoxy groups -OCH3 is 1. The van der Waals surface area contributed by atoms with E-state index in [2.05, 4.69) is 19.7 Å². The Morgan fingerprint density at radius 3 is 2.57 bits per heavy atom. The molecule has 0 N–H and O–H groups in total. The van der Waals surface area contributed by atoms with E-state index in [1.54, 1.807) is 25.4 Å². The van der Waals surface area contributed by atoms with Gasteiger partial charge in [0.05, 0.1) is 12.1 Å². The molecule has 0 spiro atoms. The zero-order valence-electron chi connectivity index (χ0n) is 11.0. The van der Waals surface area contributed by atoms with E-state index in [1.807, 2.05) is 0 Å². The molecule has 0 fully saturated rings. The van der Waals surface area contributed by atoms with Crippen LogP contribution in [0.15, 0.2) is 18.3 Å². The van der Waals surface area contributed by atoms with Crippen LogP contribution in [0.3, 0.4) is 0 Å². The van der Waals surface area contributed by atoms with Gasteiger partial charge in [0.15, 0.2) is 17.3 Å². The molecule has 2 aromatic rings. The fourth-order valence-electron chi connectivity index (χ4n) is 1.59. The summed E-state index contributed by atoms with van der Waals surface area (Å²) in [6.07, 6.45) is 1.57. The summed E-state index contributed by atoms with van der Waals surface area (Å²) in [6.45, 7) is 0. The maximum atomic E-state index is 11.6. The summed E-state index contributed by atoms with van der Waals surface area (Å²) in [6, 6.07) is 3.35. The van der Waals surface area contributed by atoms with E-state index in [0.717, 1.165) is 0 Å². The maximum absolute atomic E-state index is 11.6. The highest BCUT2D eigenvalue weighted by Crippen LogP contribution is 2.33. The summed E-state index contributed by atoms with van der Waals surface area (Å²) in [5, 5.41) is 0.245. The fraction of sp³-hybridized carbons (Fsp3) is 0.167. The van der Waals surface area contributed by atoms with Crippen LogP contribution in [0.1, 0.15) is 10.5 Å². The summed E-state index contributed by atoms with van der Waals surface area (Å²) in [7, 11) is 2.85. The van der Waals surface area contributed by atoms with E-state index in [4.69, 9.17) is 34.8 Å². The molecule has 0 saturated carbocycles. The predicted octanol–water partition coefficient (Wildman–Crippen LogP) is 3.39. The molecule has 0 saturated heterocycles. The Morgan fingerprint density at radius 1 is 1.24 bits per heavy atom. The Hall–Kier alpha value is -1.63. The maximum Gasteiger partial charge on any atom is 0.358 e. The summed E-state index contributed by atoms with van der Waals surface area (Å²) in [5.74, 6) is -0.115. The normalized spacial score (nSPS) is 10.3. The van der Waals surface area contributed by atoms with Crippen molar-refractivity contribution in [1.29, 1.82) is 0 Å². The summed E-state index contributed by atoms with van der Waals surface area (Å²) < 4.78 is 4.60. The molecule has 0 unspecified atom stereocenters. The molecule has 2 heterocycles. The third kappa shape index (κ3) is 3.18. The lowest BCUT2D eigenvalue weighted by Gasteiger charge is -2.20. The Morgan fingerprint density at radius 2 is 1.95 bits per heavy atom. The highest BCUT2D eigenvalue weighted by Gasteiger charge is 2.23. The van der Waals surface area contributed by atoms with Crippen molar-refractivity contribution in [1.82, 2.24) is 15.0 Å². The van der Waals surface area contributed by atoms with Crippen LogP contribution in [0.25, 0.3) is 0 Å². The molecular formula is C12H9Cl3N4O2. The van der Waals surface area contributed by atoms with Gasteiger partial charge in [-0.1, -0.05) is 23.2 Å². The zero-order valence-corrected chi connectivity index (χ0v) is 13.2. The average molecular weight is 348 g/mol. The lowest BCUT2D eigenvalue weighted by molar-refractivity contribution is 0.0594. The van der Waals surface area contributed by atoms with Crippen molar-refractivity contribution in [3.05, 3.63) is 39.4 Å². The Balaban J connectivity index is 2.56. The van der Waals surface area contributed by atoms with Crippen molar-refractivity contribution in [3.8, 4) is 0 Å². The number of hydrogen-bond acceptors (Lipinski definition) is 6. The molecule has 0 amide bonds. The van der Waals surface area contributed by atoms with Crippen LogP contribution in [0.4, 0.5) is 11.6 Å². The Kier molecular flexibility index (Phi) is 4.82. The van der Waals surface area contributed by atoms with Gasteiger partial charge < -0.3 is 9.64 Å². The first-order valence-electron chi connectivity index (χ1n) is 5.61. The minimum Gasteiger partial charge on any atom is -0.464 e. The number of esters is 1. The van der Waals surface area contributed by atoms with Crippen LogP contribution in [0.5, 0.6) is 0 Å². The van der Waals surface area contributed by atoms with Crippen molar-refractivity contribution in [2.24, 2.45) is 0 Å². The molecule has 0 aliphatic carbocycles.